The molecule has 17 rings (SSSR count). The molecule has 5 aliphatic rings. The Hall–Kier alpha value is -13.4. The number of benzene rings is 4. The van der Waals surface area contributed by atoms with E-state index < -0.39 is 32.2 Å². The monoisotopic (exact) mass is 1690 g/mol. The van der Waals surface area contributed by atoms with E-state index in [1.54, 1.807) is 102 Å². The smallest absolute Gasteiger partial charge is 0.281 e. The minimum absolute atomic E-state index is 0.0553. The lowest BCUT2D eigenvalue weighted by Gasteiger charge is -2.42. The molecule has 6 amide bonds. The minimum atomic E-state index is -3.50. The van der Waals surface area contributed by atoms with Crippen LogP contribution in [0.1, 0.15) is 48.4 Å². The maximum absolute atomic E-state index is 13.6. The number of aliphatic hydroxyl groups excluding tert-OH is 1. The number of hydrogen-bond acceptors (Lipinski definition) is 24. The fourth-order valence-corrected chi connectivity index (χ4v) is 15.8. The van der Waals surface area contributed by atoms with Gasteiger partial charge in [0.1, 0.15) is 74.7 Å². The molecule has 39 heteroatoms. The molecule has 13 N–H and O–H groups in total. The Bertz CT molecular complexity index is 6360. The molecular formula is C82H79F4N21O12S2. The van der Waals surface area contributed by atoms with Gasteiger partial charge >= 0.3 is 0 Å². The lowest BCUT2D eigenvalue weighted by molar-refractivity contribution is -0.154. The molecule has 33 nitrogen and oxygen atoms in total. The quantitative estimate of drug-likeness (QED) is 0.0503. The largest absolute Gasteiger partial charge is 0.384 e. The van der Waals surface area contributed by atoms with Crippen LogP contribution in [0.3, 0.4) is 0 Å². The predicted octanol–water partition coefficient (Wildman–Crippen LogP) is 5.57. The van der Waals surface area contributed by atoms with Crippen LogP contribution >= 0.6 is 0 Å². The van der Waals surface area contributed by atoms with Gasteiger partial charge in [0.25, 0.3) is 39.7 Å². The van der Waals surface area contributed by atoms with Crippen molar-refractivity contribution in [2.24, 2.45) is 5.92 Å². The van der Waals surface area contributed by atoms with E-state index in [0.29, 0.717) is 139 Å². The van der Waals surface area contributed by atoms with Crippen LogP contribution in [-0.2, 0) is 34.6 Å². The van der Waals surface area contributed by atoms with Crippen LogP contribution in [0.15, 0.2) is 170 Å². The first-order valence-electron chi connectivity index (χ1n) is 37.7. The van der Waals surface area contributed by atoms with E-state index in [1.165, 1.54) is 108 Å². The molecule has 0 spiro atoms. The first kappa shape index (κ1) is 84.0. The average Bonchev–Trinajstić information content (AvgIpc) is 0.781. The molecule has 13 heterocycles. The maximum Gasteiger partial charge on any atom is 0.281 e. The molecule has 0 saturated carbocycles. The number of carbonyl (C=O) groups excluding carboxylic acids is 6. The van der Waals surface area contributed by atoms with E-state index in [1.807, 2.05) is 0 Å². The lowest BCUT2D eigenvalue weighted by Crippen LogP contribution is -2.63. The van der Waals surface area contributed by atoms with Crippen molar-refractivity contribution in [3.8, 4) is 45.0 Å². The van der Waals surface area contributed by atoms with Gasteiger partial charge in [-0.15, -0.1) is 0 Å². The standard InChI is InChI=1S/C22H20FN5O3.C21H20FN5O3.C20H21FN6O3S.C19H18FN5O3S/c23-14-3-1-2-12(6-14)18-5-4-16-17(7-25-20(24)19(16)27-18)21(29)26-15-8-28(9-15)22(30)13-10-31-11-13;1-11(28)21(30)27-9-14(10-27)25-20(29)16-8-24-19(23)18-15(16)5-6-17(26-18)12-3-2-4-13(22)7-12;1-26(2)31(29,30)27-10-14(11-27)24-20(28)16-9-23-19(22)18-15(16)6-7-17(25-18)12-4-3-5-13(21)8-12;1-29(27,28)25-9-13(10-25)23-19(26)15-8-22-18(21)17-14(15)5-6-16(24-17)11-3-2-4-12(20)7-11/h1-7,13,15H,8-11H2,(H2,24,25)(H,26,29);2-8,11,14,28H,9-10H2,1H3,(H2,23,24)(H,25,29);3-9,14H,10-11H2,1-2H3,(H2,22,23)(H,24,28);2-8,13H,9-10H2,1H3,(H2,21,22)(H,23,26). The van der Waals surface area contributed by atoms with Crippen molar-refractivity contribution >= 4 is 123 Å². The number of hydrogen-bond donors (Lipinski definition) is 9. The minimum Gasteiger partial charge on any atom is -0.384 e. The van der Waals surface area contributed by atoms with Crippen LogP contribution in [0.5, 0.6) is 0 Å². The Balaban J connectivity index is 0.000000132. The van der Waals surface area contributed by atoms with Crippen LogP contribution in [0.2, 0.25) is 0 Å². The van der Waals surface area contributed by atoms with Gasteiger partial charge in [0.05, 0.1) is 94.6 Å². The molecule has 8 aromatic heterocycles. The molecule has 12 aromatic rings. The van der Waals surface area contributed by atoms with Gasteiger partial charge in [0, 0.05) is 135 Å². The summed E-state index contributed by atoms with van der Waals surface area (Å²) in [6, 6.07) is 36.8. The Morgan fingerprint density at radius 3 is 0.975 bits per heavy atom. The summed E-state index contributed by atoms with van der Waals surface area (Å²) in [6.45, 7) is 4.80. The highest BCUT2D eigenvalue weighted by atomic mass is 32.2. The van der Waals surface area contributed by atoms with Gasteiger partial charge in [0.15, 0.2) is 0 Å². The van der Waals surface area contributed by atoms with Crippen molar-refractivity contribution in [2.75, 3.05) is 109 Å². The number of aliphatic hydroxyl groups is 1. The Kier molecular flexibility index (Phi) is 24.2. The summed E-state index contributed by atoms with van der Waals surface area (Å²) < 4.78 is 110. The zero-order chi connectivity index (χ0) is 86.0. The SMILES string of the molecule is CC(O)C(=O)N1CC(NC(=O)c2cnc(N)c3nc(-c4cccc(F)c4)ccc23)C1.CN(C)S(=O)(=O)N1CC(NC(=O)c2cnc(N)c3nc(-c4cccc(F)c4)ccc23)C1.CS(=O)(=O)N1CC(NC(=O)c2cnc(N)c3nc(-c4cccc(F)c4)ccc23)C1.Nc1ncc(C(=O)NC2CN(C(=O)C3COC3)C2)c2ccc(-c3cccc(F)c3)nc12. The fourth-order valence-electron chi connectivity index (χ4n) is 13.7. The summed E-state index contributed by atoms with van der Waals surface area (Å²) in [5.41, 5.74) is 30.9. The van der Waals surface area contributed by atoms with Gasteiger partial charge in [-0.3, -0.25) is 28.8 Å². The third-order valence-electron chi connectivity index (χ3n) is 20.5. The highest BCUT2D eigenvalue weighted by Gasteiger charge is 2.41. The third kappa shape index (κ3) is 18.6. The fraction of sp³-hybridized carbons (Fsp3) is 0.244. The first-order valence-corrected chi connectivity index (χ1v) is 40.9. The predicted molar refractivity (Wildman–Crippen MR) is 442 cm³/mol. The number of likely N-dealkylation sites (tertiary alicyclic amines) is 2. The number of anilines is 4. The number of halogens is 4. The maximum atomic E-state index is 13.6. The van der Waals surface area contributed by atoms with Crippen molar-refractivity contribution in [3.05, 3.63) is 216 Å². The molecule has 1 atom stereocenters. The Labute approximate surface area is 688 Å². The number of pyridine rings is 8. The number of sulfonamides is 1. The normalized spacial score (nSPS) is 15.5. The molecular weight excluding hydrogens is 1610 g/mol. The van der Waals surface area contributed by atoms with Crippen molar-refractivity contribution in [2.45, 2.75) is 37.2 Å². The number of nitrogens with one attached hydrogen (secondary N) is 4. The lowest BCUT2D eigenvalue weighted by atomic mass is 10.0. The summed E-state index contributed by atoms with van der Waals surface area (Å²) in [4.78, 5) is 112. The van der Waals surface area contributed by atoms with Gasteiger partial charge in [0.2, 0.25) is 15.9 Å². The van der Waals surface area contributed by atoms with Crippen molar-refractivity contribution in [1.29, 1.82) is 0 Å². The molecule has 1 unspecified atom stereocenters. The van der Waals surface area contributed by atoms with Gasteiger partial charge in [-0.05, 0) is 104 Å². The molecule has 4 aromatic carbocycles. The highest BCUT2D eigenvalue weighted by molar-refractivity contribution is 7.88. The zero-order valence-electron chi connectivity index (χ0n) is 65.1. The summed E-state index contributed by atoms with van der Waals surface area (Å²) in [5.74, 6) is -2.65. The second kappa shape index (κ2) is 34.9. The summed E-state index contributed by atoms with van der Waals surface area (Å²) >= 11 is 0. The van der Waals surface area contributed by atoms with Crippen molar-refractivity contribution < 1.29 is 73.0 Å². The number of amides is 6. The molecule has 5 saturated heterocycles. The van der Waals surface area contributed by atoms with E-state index in [9.17, 15) is 68.3 Å². The Morgan fingerprint density at radius 1 is 0.438 bits per heavy atom. The van der Waals surface area contributed by atoms with Crippen molar-refractivity contribution in [3.63, 3.8) is 0 Å². The zero-order valence-corrected chi connectivity index (χ0v) is 66.7. The Morgan fingerprint density at radius 2 is 0.719 bits per heavy atom. The van der Waals surface area contributed by atoms with E-state index in [2.05, 4.69) is 61.1 Å². The number of ether oxygens (including phenoxy) is 1. The summed E-state index contributed by atoms with van der Waals surface area (Å²) in [7, 11) is -3.84. The molecule has 0 radical (unpaired) electrons. The molecule has 0 aliphatic carbocycles. The number of aromatic nitrogens is 8. The van der Waals surface area contributed by atoms with E-state index in [4.69, 9.17) is 27.7 Å². The van der Waals surface area contributed by atoms with Gasteiger partial charge in [-0.1, -0.05) is 48.5 Å². The molecule has 624 valence electrons. The number of rotatable bonds is 17. The van der Waals surface area contributed by atoms with Gasteiger partial charge < -0.3 is 63.8 Å². The number of fused-ring (bicyclic) bond motifs is 4. The van der Waals surface area contributed by atoms with E-state index in [0.717, 1.165) is 10.6 Å². The van der Waals surface area contributed by atoms with Gasteiger partial charge in [-0.2, -0.15) is 21.3 Å². The average molecular weight is 1690 g/mol. The number of nitrogens with two attached hydrogens (primary N) is 4. The van der Waals surface area contributed by atoms with Crippen LogP contribution in [0.4, 0.5) is 40.8 Å². The third-order valence-corrected chi connectivity index (χ3v) is 23.6. The number of nitrogen functional groups attached to an aromatic ring is 4. The second-order valence-electron chi connectivity index (χ2n) is 29.4. The van der Waals surface area contributed by atoms with Crippen LogP contribution < -0.4 is 44.2 Å². The molecule has 5 aliphatic heterocycles. The second-order valence-corrected chi connectivity index (χ2v) is 33.5. The van der Waals surface area contributed by atoms with Crippen LogP contribution in [-0.4, -0.2) is 236 Å². The van der Waals surface area contributed by atoms with Crippen LogP contribution in [0.25, 0.3) is 88.6 Å². The summed E-state index contributed by atoms with van der Waals surface area (Å²) in [5, 5.41) is 22.8. The molecule has 5 fully saturated rings. The van der Waals surface area contributed by atoms with Gasteiger partial charge in [-0.25, -0.2) is 65.9 Å². The van der Waals surface area contributed by atoms with E-state index in [-0.39, 0.29) is 143 Å². The summed E-state index contributed by atoms with van der Waals surface area (Å²) in [6.07, 6.45) is 5.60. The molecule has 0 bridgehead atoms. The number of carbonyl (C=O) groups is 6. The highest BCUT2D eigenvalue weighted by Crippen LogP contribution is 2.33. The first-order chi connectivity index (χ1) is 57.7. The van der Waals surface area contributed by atoms with E-state index >= 15 is 0 Å². The number of nitrogens with zero attached hydrogens (tertiary/aromatic N) is 13. The van der Waals surface area contributed by atoms with Crippen LogP contribution in [0, 0.1) is 29.2 Å². The molecule has 121 heavy (non-hydrogen) atoms. The topological polar surface area (TPSA) is 472 Å². The van der Waals surface area contributed by atoms with Crippen molar-refractivity contribution in [1.82, 2.24) is 83.9 Å².